The summed E-state index contributed by atoms with van der Waals surface area (Å²) >= 11 is 6.08. The van der Waals surface area contributed by atoms with Gasteiger partial charge in [0, 0.05) is 18.9 Å². The van der Waals surface area contributed by atoms with Crippen molar-refractivity contribution in [3.8, 4) is 5.69 Å². The minimum atomic E-state index is -3.70. The lowest BCUT2D eigenvalue weighted by molar-refractivity contribution is 0.581. The van der Waals surface area contributed by atoms with Gasteiger partial charge in [0.15, 0.2) is 0 Å². The molecule has 0 unspecified atom stereocenters. The third kappa shape index (κ3) is 3.51. The van der Waals surface area contributed by atoms with Crippen LogP contribution in [0.2, 0.25) is 5.02 Å². The van der Waals surface area contributed by atoms with Crippen molar-refractivity contribution in [2.75, 3.05) is 0 Å². The van der Waals surface area contributed by atoms with Crippen LogP contribution in [0.3, 0.4) is 0 Å². The van der Waals surface area contributed by atoms with Crippen LogP contribution in [0.25, 0.3) is 5.69 Å². The molecule has 124 valence electrons. The number of aryl methyl sites for hydroxylation is 1. The van der Waals surface area contributed by atoms with Crippen LogP contribution in [0.4, 0.5) is 0 Å². The minimum absolute atomic E-state index is 0.0786. The van der Waals surface area contributed by atoms with Crippen LogP contribution in [0.1, 0.15) is 11.1 Å². The molecule has 0 aliphatic heterocycles. The molecule has 5 nitrogen and oxygen atoms in total. The fourth-order valence-electron chi connectivity index (χ4n) is 2.39. The average Bonchev–Trinajstić information content (AvgIpc) is 3.07. The minimum Gasteiger partial charge on any atom is -0.306 e. The predicted molar refractivity (Wildman–Crippen MR) is 93.8 cm³/mol. The summed E-state index contributed by atoms with van der Waals surface area (Å²) in [6, 6.07) is 12.4. The molecular weight excluding hydrogens is 346 g/mol. The van der Waals surface area contributed by atoms with Crippen molar-refractivity contribution in [3.63, 3.8) is 0 Å². The number of imidazole rings is 1. The molecule has 0 aliphatic rings. The molecule has 2 aromatic carbocycles. The average molecular weight is 362 g/mol. The van der Waals surface area contributed by atoms with E-state index in [1.165, 1.54) is 6.07 Å². The van der Waals surface area contributed by atoms with Gasteiger partial charge in [0.2, 0.25) is 10.0 Å². The molecule has 7 heteroatoms. The van der Waals surface area contributed by atoms with Gasteiger partial charge < -0.3 is 4.57 Å². The first-order chi connectivity index (χ1) is 11.5. The summed E-state index contributed by atoms with van der Waals surface area (Å²) in [5.41, 5.74) is 2.61. The van der Waals surface area contributed by atoms with Crippen LogP contribution in [-0.4, -0.2) is 18.0 Å². The first-order valence-corrected chi connectivity index (χ1v) is 9.15. The van der Waals surface area contributed by atoms with Gasteiger partial charge in [-0.25, -0.2) is 18.1 Å². The van der Waals surface area contributed by atoms with Crippen molar-refractivity contribution < 1.29 is 8.42 Å². The van der Waals surface area contributed by atoms with Gasteiger partial charge in [-0.2, -0.15) is 0 Å². The number of sulfonamides is 1. The quantitative estimate of drug-likeness (QED) is 0.758. The zero-order valence-corrected chi connectivity index (χ0v) is 14.6. The van der Waals surface area contributed by atoms with Crippen molar-refractivity contribution in [2.45, 2.75) is 18.4 Å². The zero-order valence-electron chi connectivity index (χ0n) is 13.0. The topological polar surface area (TPSA) is 64.0 Å². The summed E-state index contributed by atoms with van der Waals surface area (Å²) < 4.78 is 29.5. The lowest BCUT2D eigenvalue weighted by Gasteiger charge is -2.12. The summed E-state index contributed by atoms with van der Waals surface area (Å²) in [6.07, 6.45) is 5.15. The first-order valence-electron chi connectivity index (χ1n) is 7.29. The van der Waals surface area contributed by atoms with Crippen molar-refractivity contribution in [1.82, 2.24) is 14.3 Å². The van der Waals surface area contributed by atoms with Gasteiger partial charge in [-0.15, -0.1) is 0 Å². The second kappa shape index (κ2) is 6.76. The van der Waals surface area contributed by atoms with Crippen molar-refractivity contribution in [3.05, 3.63) is 77.3 Å². The number of nitrogens with zero attached hydrogens (tertiary/aromatic N) is 2. The van der Waals surface area contributed by atoms with E-state index in [4.69, 9.17) is 11.6 Å². The number of rotatable bonds is 5. The lowest BCUT2D eigenvalue weighted by atomic mass is 10.2. The Hall–Kier alpha value is -2.15. The summed E-state index contributed by atoms with van der Waals surface area (Å²) in [6.45, 7) is 2.01. The summed E-state index contributed by atoms with van der Waals surface area (Å²) in [5.74, 6) is 0. The molecule has 1 aromatic heterocycles. The Morgan fingerprint density at radius 2 is 2.00 bits per heavy atom. The normalized spacial score (nSPS) is 11.6. The number of aromatic nitrogens is 2. The molecule has 0 spiro atoms. The van der Waals surface area contributed by atoms with Crippen LogP contribution in [0.5, 0.6) is 0 Å². The van der Waals surface area contributed by atoms with Gasteiger partial charge in [-0.05, 0) is 36.2 Å². The second-order valence-electron chi connectivity index (χ2n) is 5.36. The van der Waals surface area contributed by atoms with Crippen LogP contribution >= 0.6 is 11.6 Å². The molecule has 0 bridgehead atoms. The first kappa shape index (κ1) is 16.7. The fourth-order valence-corrected chi connectivity index (χ4v) is 3.99. The third-order valence-electron chi connectivity index (χ3n) is 3.60. The van der Waals surface area contributed by atoms with E-state index in [1.807, 2.05) is 42.0 Å². The summed E-state index contributed by atoms with van der Waals surface area (Å²) in [7, 11) is -3.70. The highest BCUT2D eigenvalue weighted by Crippen LogP contribution is 2.23. The Morgan fingerprint density at radius 1 is 1.21 bits per heavy atom. The smallest absolute Gasteiger partial charge is 0.242 e. The highest BCUT2D eigenvalue weighted by atomic mass is 35.5. The van der Waals surface area contributed by atoms with Crippen LogP contribution in [-0.2, 0) is 16.6 Å². The van der Waals surface area contributed by atoms with E-state index in [9.17, 15) is 8.42 Å². The van der Waals surface area contributed by atoms with E-state index in [2.05, 4.69) is 9.71 Å². The molecule has 3 rings (SSSR count). The third-order valence-corrected chi connectivity index (χ3v) is 5.49. The van der Waals surface area contributed by atoms with E-state index in [1.54, 1.807) is 24.7 Å². The number of hydrogen-bond donors (Lipinski definition) is 1. The van der Waals surface area contributed by atoms with Crippen molar-refractivity contribution in [1.29, 1.82) is 0 Å². The zero-order chi connectivity index (χ0) is 17.2. The lowest BCUT2D eigenvalue weighted by Crippen LogP contribution is -2.24. The molecule has 1 N–H and O–H groups in total. The maximum Gasteiger partial charge on any atom is 0.242 e. The second-order valence-corrected chi connectivity index (χ2v) is 7.50. The van der Waals surface area contributed by atoms with E-state index >= 15 is 0 Å². The number of nitrogens with one attached hydrogen (secondary N) is 1. The molecule has 0 atom stereocenters. The highest BCUT2D eigenvalue weighted by Gasteiger charge is 2.18. The Labute approximate surface area is 146 Å². The summed E-state index contributed by atoms with van der Waals surface area (Å²) in [4.78, 5) is 4.10. The Kier molecular flexibility index (Phi) is 4.71. The molecule has 0 saturated heterocycles. The fraction of sp³-hybridized carbons (Fsp3) is 0.118. The van der Waals surface area contributed by atoms with Gasteiger partial charge in [0.25, 0.3) is 0 Å². The maximum absolute atomic E-state index is 12.5. The van der Waals surface area contributed by atoms with Crippen molar-refractivity contribution in [2.24, 2.45) is 0 Å². The molecule has 0 fully saturated rings. The molecule has 3 aromatic rings. The van der Waals surface area contributed by atoms with E-state index < -0.39 is 10.0 Å². The predicted octanol–water partition coefficient (Wildman–Crippen LogP) is 3.31. The maximum atomic E-state index is 12.5. The number of hydrogen-bond acceptors (Lipinski definition) is 3. The molecule has 24 heavy (non-hydrogen) atoms. The number of benzene rings is 2. The number of halogens is 1. The van der Waals surface area contributed by atoms with E-state index in [0.29, 0.717) is 0 Å². The Bertz CT molecular complexity index is 954. The van der Waals surface area contributed by atoms with E-state index in [0.717, 1.165) is 16.8 Å². The Morgan fingerprint density at radius 3 is 2.71 bits per heavy atom. The van der Waals surface area contributed by atoms with Crippen LogP contribution in [0.15, 0.2) is 66.1 Å². The van der Waals surface area contributed by atoms with Gasteiger partial charge in [-0.1, -0.05) is 35.9 Å². The van der Waals surface area contributed by atoms with Gasteiger partial charge >= 0.3 is 0 Å². The molecule has 0 amide bonds. The molecule has 1 heterocycles. The van der Waals surface area contributed by atoms with Crippen LogP contribution < -0.4 is 4.72 Å². The van der Waals surface area contributed by atoms with Crippen LogP contribution in [0, 0.1) is 6.92 Å². The number of para-hydroxylation sites is 1. The monoisotopic (exact) mass is 361 g/mol. The molecule has 0 radical (unpaired) electrons. The van der Waals surface area contributed by atoms with Crippen molar-refractivity contribution >= 4 is 21.6 Å². The van der Waals surface area contributed by atoms with E-state index in [-0.39, 0.29) is 16.5 Å². The van der Waals surface area contributed by atoms with Gasteiger partial charge in [-0.3, -0.25) is 0 Å². The standard InChI is InChI=1S/C17H16ClN3O2S/c1-13-6-7-17(15(18)10-13)24(22,23)20-11-14-4-2-3-5-16(14)21-9-8-19-12-21/h2-10,12,20H,11H2,1H3. The highest BCUT2D eigenvalue weighted by molar-refractivity contribution is 7.89. The Balaban J connectivity index is 1.86. The van der Waals surface area contributed by atoms with Gasteiger partial charge in [0.1, 0.15) is 4.90 Å². The molecular formula is C17H16ClN3O2S. The SMILES string of the molecule is Cc1ccc(S(=O)(=O)NCc2ccccc2-n2ccnc2)c(Cl)c1. The van der Waals surface area contributed by atoms with Gasteiger partial charge in [0.05, 0.1) is 17.0 Å². The molecule has 0 saturated carbocycles. The largest absolute Gasteiger partial charge is 0.306 e. The molecule has 0 aliphatic carbocycles. The summed E-state index contributed by atoms with van der Waals surface area (Å²) in [5, 5.41) is 0.213.